The molecule has 0 radical (unpaired) electrons. The fourth-order valence-corrected chi connectivity index (χ4v) is 589. The summed E-state index contributed by atoms with van der Waals surface area (Å²) in [5, 5.41) is 0. The molecular formula is C6H76O33Si31. The Kier molecular flexibility index (Phi) is 36.1. The summed E-state index contributed by atoms with van der Waals surface area (Å²) >= 11 is 0. The monoisotopic (exact) mass is 1540 g/mol. The molecule has 70 heavy (non-hydrogen) atoms. The SMILES string of the molecule is COO[Si]([SiH3])(O[Si]([Si](O[SiH2]O)([SiH2]O)[SiH2]O)([Si](O[SiH2]O)([SiH2]O)[SiH2]O)[Si](O[Si](C)(C)C)(O[Si](O[SiH2]O)([SiH2]O)[Si](O)(OC)OC)[Si](O[Si](O[SiH2]O)([SiH2]O)[SiH2]O)([Si](O[SiH2]O)([SiH2]O)[SiH2]O)[Si](O[SiH2]O)([SiH2]O)[SiH2]O)[SiH2]O. The summed E-state index contributed by atoms with van der Waals surface area (Å²) in [6.45, 7) is -29.9. The highest BCUT2D eigenvalue weighted by Gasteiger charge is 2.98. The van der Waals surface area contributed by atoms with Gasteiger partial charge in [0.25, 0.3) is 73.8 Å². The van der Waals surface area contributed by atoms with Gasteiger partial charge in [-0.15, -0.1) is 0 Å². The maximum atomic E-state index is 12.8. The van der Waals surface area contributed by atoms with Gasteiger partial charge in [0.2, 0.25) is 64.6 Å². The van der Waals surface area contributed by atoms with Gasteiger partial charge in [-0.25, -0.2) is 4.89 Å². The van der Waals surface area contributed by atoms with E-state index in [9.17, 15) is 91.1 Å². The number of hydrogen-bond acceptors (Lipinski definition) is 33. The minimum Gasteiger partial charge on any atom is -0.441 e. The lowest BCUT2D eigenvalue weighted by molar-refractivity contribution is -0.193. The molecule has 0 saturated carbocycles. The largest absolute Gasteiger partial charge is 0.532 e. The first-order chi connectivity index (χ1) is 32.9. The topological polar surface area (TPSA) is 514 Å². The first-order valence-corrected chi connectivity index (χ1v) is 97.7. The van der Waals surface area contributed by atoms with Crippen LogP contribution in [0.5, 0.6) is 0 Å². The van der Waals surface area contributed by atoms with E-state index in [0.717, 1.165) is 21.3 Å². The molecule has 64 heteroatoms. The van der Waals surface area contributed by atoms with Crippen LogP contribution in [0.2, 0.25) is 19.6 Å². The van der Waals surface area contributed by atoms with Crippen LogP contribution in [-0.4, -0.2) is 382 Å². The molecule has 0 aliphatic carbocycles. The zero-order chi connectivity index (χ0) is 54.6. The van der Waals surface area contributed by atoms with E-state index < -0.39 is 269 Å². The molecule has 19 N–H and O–H groups in total. The molecule has 3 atom stereocenters. The van der Waals surface area contributed by atoms with Gasteiger partial charge in [0.1, 0.15) is 0 Å². The van der Waals surface area contributed by atoms with E-state index >= 15 is 0 Å². The lowest BCUT2D eigenvalue weighted by Crippen LogP contribution is -3.13. The van der Waals surface area contributed by atoms with Gasteiger partial charge >= 0.3 is 38.7 Å². The van der Waals surface area contributed by atoms with Gasteiger partial charge in [0.05, 0.1) is 16.9 Å². The van der Waals surface area contributed by atoms with Gasteiger partial charge in [0.15, 0.2) is 82.6 Å². The molecule has 0 aromatic carbocycles. The van der Waals surface area contributed by atoms with E-state index in [1.807, 2.05) is 0 Å². The van der Waals surface area contributed by atoms with Gasteiger partial charge in [-0.2, -0.15) is 0 Å². The average Bonchev–Trinajstić information content (AvgIpc) is 3.35. The standard InChI is InChI=1S/C6H76O33Si31/c1-26-29-61(40,47-13)37-69(65(51-17,52-18)32-43-9,66(53-19,54-20)33-44-10)64(36-59(4,5)6,39-63(50-16,31-42-8)60(25,27-2)28-3)70(67(55-21,56-22)34-45-11,68(57-23,58-24)35-46-12)38-62(48-14,49-15)30-41-7/h7-25H,41-58H2,1-6,40H3. The quantitative estimate of drug-likeness (QED) is 0.0153. The summed E-state index contributed by atoms with van der Waals surface area (Å²) < 4.78 is 86.2. The van der Waals surface area contributed by atoms with E-state index in [1.54, 1.807) is 0 Å². The Bertz CT molecular complexity index is 1390. The van der Waals surface area contributed by atoms with Gasteiger partial charge in [0, 0.05) is 14.2 Å². The number of rotatable bonds is 43. The fraction of sp³-hybridized carbons (Fsp3) is 1.00. The molecule has 422 valence electrons. The first kappa shape index (κ1) is 75.4. The molecule has 3 unspecified atom stereocenters. The van der Waals surface area contributed by atoms with Crippen molar-refractivity contribution in [3.63, 3.8) is 0 Å². The van der Waals surface area contributed by atoms with Crippen LogP contribution in [-0.2, 0) is 59.5 Å². The number of hydrogen-bond donors (Lipinski definition) is 19. The van der Waals surface area contributed by atoms with Crippen molar-refractivity contribution in [2.75, 3.05) is 21.3 Å². The molecule has 0 fully saturated rings. The van der Waals surface area contributed by atoms with E-state index in [0.29, 0.717) is 0 Å². The van der Waals surface area contributed by atoms with Crippen LogP contribution in [0.25, 0.3) is 0 Å². The third kappa shape index (κ3) is 14.6. The second-order valence-electron chi connectivity index (χ2n) is 16.1. The predicted molar refractivity (Wildman–Crippen MR) is 325 cm³/mol. The molecule has 0 spiro atoms. The zero-order valence-corrected chi connectivity index (χ0v) is 79.4. The Balaban J connectivity index is 12.6. The molecule has 0 rings (SSSR count). The first-order valence-electron chi connectivity index (χ1n) is 20.5. The molecule has 0 saturated heterocycles. The van der Waals surface area contributed by atoms with E-state index in [1.165, 1.54) is 19.6 Å². The molecule has 0 aromatic rings. The molecule has 0 aliphatic rings. The van der Waals surface area contributed by atoms with Crippen molar-refractivity contribution in [2.24, 2.45) is 0 Å². The summed E-state index contributed by atoms with van der Waals surface area (Å²) in [4.78, 5) is 232. The summed E-state index contributed by atoms with van der Waals surface area (Å²) in [5.41, 5.74) is 0. The molecule has 0 aromatic heterocycles. The van der Waals surface area contributed by atoms with Gasteiger partial charge in [-0.3, -0.25) is 4.58 Å². The molecule has 33 nitrogen and oxygen atoms in total. The Morgan fingerprint density at radius 3 is 0.929 bits per heavy atom. The van der Waals surface area contributed by atoms with Crippen molar-refractivity contribution in [2.45, 2.75) is 19.6 Å². The highest BCUT2D eigenvalue weighted by Crippen LogP contribution is 2.52. The van der Waals surface area contributed by atoms with Crippen LogP contribution >= 0.6 is 0 Å². The summed E-state index contributed by atoms with van der Waals surface area (Å²) in [5.74, 6) is 0. The Labute approximate surface area is 456 Å². The zero-order valence-electron chi connectivity index (χ0n) is 39.9. The van der Waals surface area contributed by atoms with Gasteiger partial charge in [-0.1, -0.05) is 0 Å². The van der Waals surface area contributed by atoms with Crippen LogP contribution in [0.15, 0.2) is 0 Å². The van der Waals surface area contributed by atoms with Crippen molar-refractivity contribution < 1.29 is 151 Å². The maximum absolute atomic E-state index is 12.8. The normalized spacial score (nSPS) is 24.8. The minimum absolute atomic E-state index is 0.409. The average molecular weight is 1550 g/mol. The van der Waals surface area contributed by atoms with Crippen molar-refractivity contribution in [1.82, 2.24) is 0 Å². The van der Waals surface area contributed by atoms with Gasteiger partial charge < -0.3 is 141 Å². The Morgan fingerprint density at radius 1 is 0.371 bits per heavy atom. The maximum Gasteiger partial charge on any atom is 0.532 e. The molecular weight excluding hydrogens is 1470 g/mol. The lowest BCUT2D eigenvalue weighted by Gasteiger charge is -2.70. The van der Waals surface area contributed by atoms with E-state index in [-0.39, 0.29) is 0 Å². The van der Waals surface area contributed by atoms with Crippen molar-refractivity contribution in [1.29, 1.82) is 0 Å². The van der Waals surface area contributed by atoms with Crippen molar-refractivity contribution in [3.8, 4) is 0 Å². The summed E-state index contributed by atoms with van der Waals surface area (Å²) in [7, 11) is -86.6. The Hall–Kier alpha value is 5.40. The minimum atomic E-state index is -6.75. The van der Waals surface area contributed by atoms with E-state index in [4.69, 9.17) is 59.5 Å². The van der Waals surface area contributed by atoms with Crippen molar-refractivity contribution in [3.05, 3.63) is 0 Å². The summed E-state index contributed by atoms with van der Waals surface area (Å²) in [6, 6.07) is 0. The highest BCUT2D eigenvalue weighted by atomic mass is 30.5. The van der Waals surface area contributed by atoms with Gasteiger partial charge in [-0.05, 0) is 19.6 Å². The van der Waals surface area contributed by atoms with E-state index in [2.05, 4.69) is 0 Å². The lowest BCUT2D eigenvalue weighted by atomic mass is 11.8. The van der Waals surface area contributed by atoms with Crippen LogP contribution in [0, 0.1) is 0 Å². The molecule has 0 bridgehead atoms. The van der Waals surface area contributed by atoms with Crippen molar-refractivity contribution >= 4 is 269 Å². The second-order valence-corrected chi connectivity index (χ2v) is 193. The highest BCUT2D eigenvalue weighted by molar-refractivity contribution is 8.23. The van der Waals surface area contributed by atoms with Crippen LogP contribution in [0.4, 0.5) is 0 Å². The fourth-order valence-electron chi connectivity index (χ4n) is 8.18. The smallest absolute Gasteiger partial charge is 0.441 e. The van der Waals surface area contributed by atoms with Crippen LogP contribution in [0.3, 0.4) is 0 Å². The third-order valence-corrected chi connectivity index (χ3v) is 329. The second kappa shape index (κ2) is 33.5. The third-order valence-electron chi connectivity index (χ3n) is 11.3. The van der Waals surface area contributed by atoms with Crippen LogP contribution < -0.4 is 0 Å². The summed E-state index contributed by atoms with van der Waals surface area (Å²) in [6.07, 6.45) is 0. The van der Waals surface area contributed by atoms with Crippen LogP contribution in [0.1, 0.15) is 0 Å². The molecule has 0 aliphatic heterocycles. The predicted octanol–water partition coefficient (Wildman–Crippen LogP) is -31.5. The molecule has 0 heterocycles. The molecule has 0 amide bonds. The Morgan fingerprint density at radius 2 is 0.700 bits per heavy atom.